The lowest BCUT2D eigenvalue weighted by Gasteiger charge is -2.05. The van der Waals surface area contributed by atoms with Gasteiger partial charge in [-0.05, 0) is 23.5 Å². The second-order valence-electron chi connectivity index (χ2n) is 4.30. The minimum absolute atomic E-state index is 0.646. The second kappa shape index (κ2) is 3.51. The third-order valence-corrected chi connectivity index (χ3v) is 2.43. The molecule has 1 aliphatic rings. The zero-order chi connectivity index (χ0) is 9.26. The van der Waals surface area contributed by atoms with E-state index in [9.17, 15) is 0 Å². The van der Waals surface area contributed by atoms with Gasteiger partial charge in [0.25, 0.3) is 0 Å². The summed E-state index contributed by atoms with van der Waals surface area (Å²) in [7, 11) is 0. The molecule has 0 saturated carbocycles. The van der Waals surface area contributed by atoms with Gasteiger partial charge in [0.1, 0.15) is 0 Å². The maximum absolute atomic E-state index is 3.31. The standard InChI is InChI=1S/C12H17N/c1-9(2)7-10-3-5-11(6-4-10)12-8-13-12/h3-6,9,12-13H,7-8H2,1-2H3/t12-/m1/s1. The Morgan fingerprint density at radius 1 is 1.31 bits per heavy atom. The summed E-state index contributed by atoms with van der Waals surface area (Å²) in [5.41, 5.74) is 2.90. The van der Waals surface area contributed by atoms with Gasteiger partial charge in [0.2, 0.25) is 0 Å². The van der Waals surface area contributed by atoms with E-state index >= 15 is 0 Å². The highest BCUT2D eigenvalue weighted by atomic mass is 15.1. The van der Waals surface area contributed by atoms with E-state index in [4.69, 9.17) is 0 Å². The van der Waals surface area contributed by atoms with Crippen molar-refractivity contribution in [1.29, 1.82) is 0 Å². The van der Waals surface area contributed by atoms with E-state index in [0.717, 1.165) is 12.5 Å². The lowest BCUT2D eigenvalue weighted by atomic mass is 10.0. The molecule has 0 spiro atoms. The Kier molecular flexibility index (Phi) is 2.36. The fourth-order valence-electron chi connectivity index (χ4n) is 1.65. The van der Waals surface area contributed by atoms with Gasteiger partial charge < -0.3 is 5.32 Å². The van der Waals surface area contributed by atoms with Crippen LogP contribution >= 0.6 is 0 Å². The molecular formula is C12H17N. The fraction of sp³-hybridized carbons (Fsp3) is 0.500. The molecule has 0 unspecified atom stereocenters. The van der Waals surface area contributed by atoms with E-state index in [0.29, 0.717) is 6.04 Å². The molecule has 1 heterocycles. The van der Waals surface area contributed by atoms with Gasteiger partial charge in [-0.3, -0.25) is 0 Å². The number of rotatable bonds is 3. The summed E-state index contributed by atoms with van der Waals surface area (Å²) in [5.74, 6) is 0.755. The van der Waals surface area contributed by atoms with Crippen LogP contribution in [0.5, 0.6) is 0 Å². The van der Waals surface area contributed by atoms with Crippen molar-refractivity contribution < 1.29 is 0 Å². The molecule has 1 heteroatoms. The molecule has 1 aromatic rings. The molecule has 1 fully saturated rings. The van der Waals surface area contributed by atoms with E-state index in [-0.39, 0.29) is 0 Å². The first-order valence-corrected chi connectivity index (χ1v) is 5.08. The Morgan fingerprint density at radius 3 is 2.38 bits per heavy atom. The van der Waals surface area contributed by atoms with E-state index in [1.165, 1.54) is 17.5 Å². The maximum Gasteiger partial charge on any atom is 0.0447 e. The summed E-state index contributed by atoms with van der Waals surface area (Å²) in [4.78, 5) is 0. The predicted molar refractivity (Wildman–Crippen MR) is 55.7 cm³/mol. The predicted octanol–water partition coefficient (Wildman–Crippen LogP) is 2.53. The average Bonchev–Trinajstić information content (AvgIpc) is 2.87. The third kappa shape index (κ3) is 2.31. The maximum atomic E-state index is 3.31. The van der Waals surface area contributed by atoms with E-state index < -0.39 is 0 Å². The number of hydrogen-bond donors (Lipinski definition) is 1. The van der Waals surface area contributed by atoms with Crippen LogP contribution in [-0.4, -0.2) is 6.54 Å². The largest absolute Gasteiger partial charge is 0.307 e. The smallest absolute Gasteiger partial charge is 0.0447 e. The first kappa shape index (κ1) is 8.76. The van der Waals surface area contributed by atoms with Gasteiger partial charge in [-0.15, -0.1) is 0 Å². The van der Waals surface area contributed by atoms with Crippen LogP contribution in [0.2, 0.25) is 0 Å². The van der Waals surface area contributed by atoms with Crippen LogP contribution < -0.4 is 5.32 Å². The first-order chi connectivity index (χ1) is 6.25. The van der Waals surface area contributed by atoms with Gasteiger partial charge in [-0.2, -0.15) is 0 Å². The summed E-state index contributed by atoms with van der Waals surface area (Å²) in [5, 5.41) is 3.31. The Labute approximate surface area is 80.2 Å². The molecule has 1 saturated heterocycles. The van der Waals surface area contributed by atoms with Crippen molar-refractivity contribution in [3.63, 3.8) is 0 Å². The van der Waals surface area contributed by atoms with Gasteiger partial charge in [0.15, 0.2) is 0 Å². The molecule has 0 amide bonds. The number of nitrogens with one attached hydrogen (secondary N) is 1. The average molecular weight is 175 g/mol. The molecule has 13 heavy (non-hydrogen) atoms. The van der Waals surface area contributed by atoms with Crippen LogP contribution in [0.25, 0.3) is 0 Å². The van der Waals surface area contributed by atoms with Crippen molar-refractivity contribution in [2.45, 2.75) is 26.3 Å². The Bertz CT molecular complexity index is 270. The van der Waals surface area contributed by atoms with Gasteiger partial charge in [0.05, 0.1) is 0 Å². The fourth-order valence-corrected chi connectivity index (χ4v) is 1.65. The number of hydrogen-bond acceptors (Lipinski definition) is 1. The summed E-state index contributed by atoms with van der Waals surface area (Å²) in [6, 6.07) is 9.67. The molecular weight excluding hydrogens is 158 g/mol. The van der Waals surface area contributed by atoms with E-state index in [2.05, 4.69) is 43.4 Å². The van der Waals surface area contributed by atoms with Gasteiger partial charge in [-0.1, -0.05) is 38.1 Å². The highest BCUT2D eigenvalue weighted by Gasteiger charge is 2.21. The van der Waals surface area contributed by atoms with Crippen LogP contribution in [0.3, 0.4) is 0 Å². The van der Waals surface area contributed by atoms with Gasteiger partial charge in [0, 0.05) is 12.6 Å². The quantitative estimate of drug-likeness (QED) is 0.700. The molecule has 70 valence electrons. The summed E-state index contributed by atoms with van der Waals surface area (Å²) in [6.45, 7) is 5.68. The molecule has 1 aliphatic heterocycles. The molecule has 0 radical (unpaired) electrons. The van der Waals surface area contributed by atoms with Crippen LogP contribution in [0.1, 0.15) is 31.0 Å². The van der Waals surface area contributed by atoms with Crippen molar-refractivity contribution in [2.24, 2.45) is 5.92 Å². The second-order valence-corrected chi connectivity index (χ2v) is 4.30. The van der Waals surface area contributed by atoms with Crippen molar-refractivity contribution in [1.82, 2.24) is 5.32 Å². The van der Waals surface area contributed by atoms with Crippen LogP contribution in [-0.2, 0) is 6.42 Å². The van der Waals surface area contributed by atoms with E-state index in [1.807, 2.05) is 0 Å². The van der Waals surface area contributed by atoms with Gasteiger partial charge in [-0.25, -0.2) is 0 Å². The molecule has 1 N–H and O–H groups in total. The molecule has 0 bridgehead atoms. The van der Waals surface area contributed by atoms with Crippen molar-refractivity contribution in [2.75, 3.05) is 6.54 Å². The summed E-state index contributed by atoms with van der Waals surface area (Å²) >= 11 is 0. The normalized spacial score (nSPS) is 20.7. The molecule has 0 aliphatic carbocycles. The zero-order valence-electron chi connectivity index (χ0n) is 8.38. The van der Waals surface area contributed by atoms with Crippen LogP contribution in [0.4, 0.5) is 0 Å². The Hall–Kier alpha value is -0.820. The third-order valence-electron chi connectivity index (χ3n) is 2.43. The highest BCUT2D eigenvalue weighted by Crippen LogP contribution is 2.21. The lowest BCUT2D eigenvalue weighted by molar-refractivity contribution is 0.647. The van der Waals surface area contributed by atoms with Crippen molar-refractivity contribution >= 4 is 0 Å². The van der Waals surface area contributed by atoms with Crippen molar-refractivity contribution in [3.05, 3.63) is 35.4 Å². The minimum atomic E-state index is 0.646. The monoisotopic (exact) mass is 175 g/mol. The molecule has 2 rings (SSSR count). The molecule has 1 atom stereocenters. The zero-order valence-corrected chi connectivity index (χ0v) is 8.38. The SMILES string of the molecule is CC(C)Cc1ccc([C@H]2CN2)cc1. The lowest BCUT2D eigenvalue weighted by Crippen LogP contribution is -1.94. The molecule has 1 nitrogen and oxygen atoms in total. The van der Waals surface area contributed by atoms with Crippen LogP contribution in [0, 0.1) is 5.92 Å². The topological polar surface area (TPSA) is 21.9 Å². The molecule has 1 aromatic carbocycles. The minimum Gasteiger partial charge on any atom is -0.307 e. The van der Waals surface area contributed by atoms with Gasteiger partial charge >= 0.3 is 0 Å². The van der Waals surface area contributed by atoms with Crippen molar-refractivity contribution in [3.8, 4) is 0 Å². The van der Waals surface area contributed by atoms with Crippen LogP contribution in [0.15, 0.2) is 24.3 Å². The Balaban J connectivity index is 2.04. The Morgan fingerprint density at radius 2 is 1.92 bits per heavy atom. The number of benzene rings is 1. The highest BCUT2D eigenvalue weighted by molar-refractivity contribution is 5.28. The first-order valence-electron chi connectivity index (χ1n) is 5.08. The molecule has 0 aromatic heterocycles. The summed E-state index contributed by atoms with van der Waals surface area (Å²) < 4.78 is 0. The summed E-state index contributed by atoms with van der Waals surface area (Å²) in [6.07, 6.45) is 1.19. The van der Waals surface area contributed by atoms with E-state index in [1.54, 1.807) is 0 Å².